The van der Waals surface area contributed by atoms with E-state index in [9.17, 15) is 31.1 Å². The van der Waals surface area contributed by atoms with E-state index >= 15 is 0 Å². The number of likely N-dealkylation sites (tertiary alicyclic amines) is 2. The van der Waals surface area contributed by atoms with Gasteiger partial charge in [0.1, 0.15) is 0 Å². The average molecular weight is 647 g/mol. The molecule has 2 aromatic heterocycles. The molecule has 0 aliphatic carbocycles. The molecule has 246 valence electrons. The molecule has 16 heteroatoms. The van der Waals surface area contributed by atoms with E-state index in [1.165, 1.54) is 0 Å². The SMILES string of the molecule is CN1CCC(COCc2cccnc2)CC12CN(C(=O)c1ccc3c(ccn3C)c1)C2.O=C(O)C(F)(F)F.O=C(O)C(F)(F)F. The van der Waals surface area contributed by atoms with Crippen LogP contribution in [-0.2, 0) is 28.0 Å². The molecular weight excluding hydrogens is 614 g/mol. The third-order valence-electron chi connectivity index (χ3n) is 7.57. The number of nitrogens with zero attached hydrogens (tertiary/aromatic N) is 4. The van der Waals surface area contributed by atoms with Crippen LogP contribution in [0.4, 0.5) is 26.3 Å². The van der Waals surface area contributed by atoms with E-state index in [0.717, 1.165) is 61.1 Å². The first-order valence-corrected chi connectivity index (χ1v) is 13.6. The normalized spacial score (nSPS) is 17.9. The van der Waals surface area contributed by atoms with Gasteiger partial charge < -0.3 is 24.4 Å². The molecule has 1 spiro atoms. The number of alkyl halides is 6. The number of amides is 1. The van der Waals surface area contributed by atoms with Crippen molar-refractivity contribution in [2.45, 2.75) is 37.3 Å². The highest BCUT2D eigenvalue weighted by Gasteiger charge is 2.51. The summed E-state index contributed by atoms with van der Waals surface area (Å²) in [6.45, 7) is 4.03. The number of halogens is 6. The van der Waals surface area contributed by atoms with E-state index in [2.05, 4.69) is 27.6 Å². The molecule has 2 aliphatic rings. The van der Waals surface area contributed by atoms with Gasteiger partial charge in [-0.15, -0.1) is 0 Å². The summed E-state index contributed by atoms with van der Waals surface area (Å²) in [6, 6.07) is 12.1. The second-order valence-corrected chi connectivity index (χ2v) is 10.8. The molecule has 0 saturated carbocycles. The lowest BCUT2D eigenvalue weighted by Crippen LogP contribution is -2.72. The molecule has 3 aromatic rings. The number of hydrogen-bond donors (Lipinski definition) is 2. The Labute approximate surface area is 253 Å². The van der Waals surface area contributed by atoms with Crippen molar-refractivity contribution in [1.82, 2.24) is 19.4 Å². The molecule has 5 rings (SSSR count). The van der Waals surface area contributed by atoms with E-state index < -0.39 is 24.3 Å². The van der Waals surface area contributed by atoms with Crippen LogP contribution in [0, 0.1) is 5.92 Å². The molecule has 1 unspecified atom stereocenters. The zero-order valence-electron chi connectivity index (χ0n) is 24.3. The number of pyridine rings is 1. The Morgan fingerprint density at radius 3 is 2.18 bits per heavy atom. The fraction of sp³-hybridized carbons (Fsp3) is 0.448. The molecule has 2 saturated heterocycles. The van der Waals surface area contributed by atoms with Gasteiger partial charge >= 0.3 is 24.3 Å². The number of carboxylic acid groups (broad SMARTS) is 2. The number of piperidine rings is 1. The molecule has 2 fully saturated rings. The third-order valence-corrected chi connectivity index (χ3v) is 7.57. The number of aryl methyl sites for hydroxylation is 1. The molecular formula is C29H32F6N4O6. The van der Waals surface area contributed by atoms with Crippen LogP contribution in [0.5, 0.6) is 0 Å². The summed E-state index contributed by atoms with van der Waals surface area (Å²) in [5, 5.41) is 15.4. The Morgan fingerprint density at radius 2 is 1.62 bits per heavy atom. The van der Waals surface area contributed by atoms with Crippen molar-refractivity contribution in [3.8, 4) is 0 Å². The van der Waals surface area contributed by atoms with Crippen LogP contribution < -0.4 is 0 Å². The van der Waals surface area contributed by atoms with Crippen molar-refractivity contribution in [3.63, 3.8) is 0 Å². The topological polar surface area (TPSA) is 125 Å². The van der Waals surface area contributed by atoms with Gasteiger partial charge in [0.25, 0.3) is 5.91 Å². The Balaban J connectivity index is 0.000000331. The Kier molecular flexibility index (Phi) is 11.2. The zero-order chi connectivity index (χ0) is 33.6. The van der Waals surface area contributed by atoms with Crippen LogP contribution in [0.1, 0.15) is 28.8 Å². The molecule has 1 aromatic carbocycles. The first-order chi connectivity index (χ1) is 20.9. The molecule has 2 N–H and O–H groups in total. The van der Waals surface area contributed by atoms with Gasteiger partial charge in [0, 0.05) is 61.8 Å². The highest BCUT2D eigenvalue weighted by atomic mass is 19.4. The lowest BCUT2D eigenvalue weighted by molar-refractivity contribution is -0.193. The number of aliphatic carboxylic acids is 2. The van der Waals surface area contributed by atoms with Gasteiger partial charge in [-0.2, -0.15) is 26.3 Å². The van der Waals surface area contributed by atoms with Gasteiger partial charge in [-0.25, -0.2) is 9.59 Å². The van der Waals surface area contributed by atoms with Crippen LogP contribution >= 0.6 is 0 Å². The summed E-state index contributed by atoms with van der Waals surface area (Å²) < 4.78 is 71.6. The van der Waals surface area contributed by atoms with Crippen LogP contribution in [0.2, 0.25) is 0 Å². The van der Waals surface area contributed by atoms with Crippen molar-refractivity contribution in [2.75, 3.05) is 33.3 Å². The smallest absolute Gasteiger partial charge is 0.475 e. The number of benzene rings is 1. The third kappa shape index (κ3) is 9.41. The minimum Gasteiger partial charge on any atom is -0.475 e. The highest BCUT2D eigenvalue weighted by molar-refractivity contribution is 5.98. The van der Waals surface area contributed by atoms with Crippen molar-refractivity contribution in [2.24, 2.45) is 13.0 Å². The Morgan fingerprint density at radius 1 is 1.00 bits per heavy atom. The van der Waals surface area contributed by atoms with E-state index in [1.807, 2.05) is 54.7 Å². The number of ether oxygens (including phenoxy) is 1. The molecule has 2 aliphatic heterocycles. The van der Waals surface area contributed by atoms with Gasteiger partial charge in [-0.05, 0) is 68.2 Å². The number of rotatable bonds is 5. The molecule has 1 atom stereocenters. The number of carbonyl (C=O) groups is 3. The lowest BCUT2D eigenvalue weighted by atomic mass is 9.75. The van der Waals surface area contributed by atoms with Crippen LogP contribution in [-0.4, -0.2) is 98.6 Å². The molecule has 10 nitrogen and oxygen atoms in total. The number of hydrogen-bond acceptors (Lipinski definition) is 6. The fourth-order valence-electron chi connectivity index (χ4n) is 5.15. The molecule has 4 heterocycles. The number of aromatic nitrogens is 2. The molecule has 0 bridgehead atoms. The maximum Gasteiger partial charge on any atom is 0.490 e. The van der Waals surface area contributed by atoms with Crippen molar-refractivity contribution < 1.29 is 55.7 Å². The van der Waals surface area contributed by atoms with Crippen LogP contribution in [0.15, 0.2) is 55.0 Å². The standard InChI is InChI=1S/C25H30N4O2.2C2HF3O2/c1-27-10-8-21-12-22(5-6-23(21)27)24(30)29-17-25(18-29)13-19(7-11-28(25)2)15-31-16-20-4-3-9-26-14-20;2*3-2(4,5)1(6)7/h3-6,8-10,12,14,19H,7,11,13,15-18H2,1-2H3;2*(H,6,7). The summed E-state index contributed by atoms with van der Waals surface area (Å²) >= 11 is 0. The maximum absolute atomic E-state index is 13.1. The second-order valence-electron chi connectivity index (χ2n) is 10.8. The molecule has 1 amide bonds. The lowest BCUT2D eigenvalue weighted by Gasteiger charge is -2.58. The quantitative estimate of drug-likeness (QED) is 0.386. The van der Waals surface area contributed by atoms with Crippen molar-refractivity contribution in [3.05, 3.63) is 66.1 Å². The fourth-order valence-corrected chi connectivity index (χ4v) is 5.15. The summed E-state index contributed by atoms with van der Waals surface area (Å²) in [5.74, 6) is -4.84. The highest BCUT2D eigenvalue weighted by Crippen LogP contribution is 2.39. The first-order valence-electron chi connectivity index (χ1n) is 13.6. The number of fused-ring (bicyclic) bond motifs is 1. The zero-order valence-corrected chi connectivity index (χ0v) is 24.3. The number of carboxylic acids is 2. The first kappa shape index (κ1) is 35.3. The van der Waals surface area contributed by atoms with E-state index in [1.54, 1.807) is 6.20 Å². The average Bonchev–Trinajstić information content (AvgIpc) is 3.32. The van der Waals surface area contributed by atoms with Gasteiger partial charge in [-0.1, -0.05) is 6.07 Å². The molecule has 45 heavy (non-hydrogen) atoms. The van der Waals surface area contributed by atoms with Crippen molar-refractivity contribution >= 4 is 28.7 Å². The van der Waals surface area contributed by atoms with E-state index in [-0.39, 0.29) is 11.4 Å². The minimum absolute atomic E-state index is 0.0904. The number of likely N-dealkylation sites (N-methyl/N-ethyl adjacent to an activating group) is 1. The molecule has 0 radical (unpaired) electrons. The minimum atomic E-state index is -5.08. The Bertz CT molecular complexity index is 1450. The second kappa shape index (κ2) is 14.3. The predicted molar refractivity (Wildman–Crippen MR) is 148 cm³/mol. The maximum atomic E-state index is 13.1. The summed E-state index contributed by atoms with van der Waals surface area (Å²) in [7, 11) is 4.23. The van der Waals surface area contributed by atoms with Gasteiger partial charge in [0.05, 0.1) is 12.1 Å². The number of carbonyl (C=O) groups excluding carboxylic acids is 1. The predicted octanol–water partition coefficient (Wildman–Crippen LogP) is 4.59. The summed E-state index contributed by atoms with van der Waals surface area (Å²) in [6.07, 6.45) is -2.27. The largest absolute Gasteiger partial charge is 0.490 e. The Hall–Kier alpha value is -4.18. The van der Waals surface area contributed by atoms with Crippen molar-refractivity contribution in [1.29, 1.82) is 0 Å². The van der Waals surface area contributed by atoms with Crippen LogP contribution in [0.3, 0.4) is 0 Å². The van der Waals surface area contributed by atoms with Gasteiger partial charge in [0.15, 0.2) is 0 Å². The van der Waals surface area contributed by atoms with Gasteiger partial charge in [0.2, 0.25) is 0 Å². The van der Waals surface area contributed by atoms with E-state index in [0.29, 0.717) is 12.5 Å². The summed E-state index contributed by atoms with van der Waals surface area (Å²) in [5.41, 5.74) is 3.13. The van der Waals surface area contributed by atoms with Gasteiger partial charge in [-0.3, -0.25) is 14.7 Å². The summed E-state index contributed by atoms with van der Waals surface area (Å²) in [4.78, 5) is 39.5. The van der Waals surface area contributed by atoms with Crippen LogP contribution in [0.25, 0.3) is 10.9 Å². The monoisotopic (exact) mass is 646 g/mol. The van der Waals surface area contributed by atoms with E-state index in [4.69, 9.17) is 24.5 Å².